The fourth-order valence-electron chi connectivity index (χ4n) is 1.61. The number of Topliss-reactive ketones (excluding diaryl/α,β-unsaturated/α-hetero) is 1. The maximum Gasteiger partial charge on any atom is 0.326 e. The van der Waals surface area contributed by atoms with Crippen molar-refractivity contribution in [2.45, 2.75) is 38.0 Å². The Hall–Kier alpha value is -1.66. The number of hydrogen-bond donors (Lipinski definition) is 2. The van der Waals surface area contributed by atoms with Crippen LogP contribution in [0.4, 0.5) is 0 Å². The minimum absolute atomic E-state index is 0.0505. The van der Waals surface area contributed by atoms with Crippen molar-refractivity contribution in [1.29, 1.82) is 0 Å². The Morgan fingerprint density at radius 3 is 2.40 bits per heavy atom. The van der Waals surface area contributed by atoms with Crippen LogP contribution in [0.1, 0.15) is 26.7 Å². The van der Waals surface area contributed by atoms with E-state index in [9.17, 15) is 14.4 Å². The van der Waals surface area contributed by atoms with Crippen LogP contribution in [0.15, 0.2) is 0 Å². The van der Waals surface area contributed by atoms with E-state index in [1.165, 1.54) is 11.8 Å². The van der Waals surface area contributed by atoms with Crippen LogP contribution in [0.3, 0.4) is 0 Å². The van der Waals surface area contributed by atoms with Crippen LogP contribution in [0.25, 0.3) is 5.53 Å². The highest BCUT2D eigenvalue weighted by atomic mass is 32.2. The predicted molar refractivity (Wildman–Crippen MR) is 75.6 cm³/mol. The van der Waals surface area contributed by atoms with Crippen LogP contribution in [-0.4, -0.2) is 51.3 Å². The van der Waals surface area contributed by atoms with Gasteiger partial charge in [-0.2, -0.15) is 16.6 Å². The molecule has 0 saturated heterocycles. The number of carbonyl (C=O) groups excluding carboxylic acids is 2. The van der Waals surface area contributed by atoms with E-state index in [0.29, 0.717) is 6.21 Å². The third-order valence-electron chi connectivity index (χ3n) is 2.61. The Morgan fingerprint density at radius 1 is 1.40 bits per heavy atom. The molecule has 0 aliphatic heterocycles. The standard InChI is InChI=1S/C12H19N3O4S/c1-7(2)10(20-3)11(17)15-9(12(18)19)5-4-8(16)6-14-13/h6-7,9-10H,4-5H2,1-3H3,(H,15,17)(H,18,19)/t9-,10-/m0/s1. The third kappa shape index (κ3) is 6.49. The molecule has 2 N–H and O–H groups in total. The molecule has 0 aromatic rings. The lowest BCUT2D eigenvalue weighted by Crippen LogP contribution is -2.46. The van der Waals surface area contributed by atoms with Crippen LogP contribution >= 0.6 is 11.8 Å². The van der Waals surface area contributed by atoms with Gasteiger partial charge in [0.1, 0.15) is 6.04 Å². The van der Waals surface area contributed by atoms with Crippen LogP contribution in [0.5, 0.6) is 0 Å². The average molecular weight is 301 g/mol. The van der Waals surface area contributed by atoms with Crippen molar-refractivity contribution < 1.29 is 24.3 Å². The van der Waals surface area contributed by atoms with Crippen LogP contribution < -0.4 is 5.32 Å². The van der Waals surface area contributed by atoms with E-state index in [2.05, 4.69) is 10.1 Å². The highest BCUT2D eigenvalue weighted by Crippen LogP contribution is 2.17. The Balaban J connectivity index is 4.62. The lowest BCUT2D eigenvalue weighted by atomic mass is 10.1. The summed E-state index contributed by atoms with van der Waals surface area (Å²) in [4.78, 5) is 36.7. The number of ketones is 1. The molecule has 1 amide bonds. The summed E-state index contributed by atoms with van der Waals surface area (Å²) in [7, 11) is 0. The van der Waals surface area contributed by atoms with Gasteiger partial charge in [0.25, 0.3) is 0 Å². The molecule has 0 unspecified atom stereocenters. The number of rotatable bonds is 9. The van der Waals surface area contributed by atoms with E-state index in [1.54, 1.807) is 6.26 Å². The highest BCUT2D eigenvalue weighted by molar-refractivity contribution is 7.99. The molecule has 112 valence electrons. The summed E-state index contributed by atoms with van der Waals surface area (Å²) >= 11 is 1.35. The van der Waals surface area contributed by atoms with Crippen molar-refractivity contribution in [3.63, 3.8) is 0 Å². The molecule has 0 aliphatic carbocycles. The molecule has 0 rings (SSSR count). The summed E-state index contributed by atoms with van der Waals surface area (Å²) in [5.41, 5.74) is 8.18. The molecular formula is C12H19N3O4S. The van der Waals surface area contributed by atoms with E-state index in [1.807, 2.05) is 13.8 Å². The number of nitrogens with zero attached hydrogens (tertiary/aromatic N) is 2. The minimum atomic E-state index is -1.20. The highest BCUT2D eigenvalue weighted by Gasteiger charge is 2.27. The average Bonchev–Trinajstić information content (AvgIpc) is 2.34. The summed E-state index contributed by atoms with van der Waals surface area (Å²) in [6.07, 6.45) is 2.32. The van der Waals surface area contributed by atoms with Gasteiger partial charge in [0.2, 0.25) is 11.7 Å². The molecule has 0 radical (unpaired) electrons. The van der Waals surface area contributed by atoms with Gasteiger partial charge in [-0.1, -0.05) is 13.8 Å². The van der Waals surface area contributed by atoms with Gasteiger partial charge < -0.3 is 16.0 Å². The van der Waals surface area contributed by atoms with Gasteiger partial charge >= 0.3 is 12.2 Å². The summed E-state index contributed by atoms with van der Waals surface area (Å²) < 4.78 is 0. The predicted octanol–water partition coefficient (Wildman–Crippen LogP) is 0.593. The smallest absolute Gasteiger partial charge is 0.326 e. The van der Waals surface area contributed by atoms with E-state index < -0.39 is 17.8 Å². The van der Waals surface area contributed by atoms with Crippen molar-refractivity contribution in [2.24, 2.45) is 5.92 Å². The molecule has 0 aromatic carbocycles. The van der Waals surface area contributed by atoms with Crippen molar-refractivity contribution in [1.82, 2.24) is 5.32 Å². The third-order valence-corrected chi connectivity index (χ3v) is 3.88. The summed E-state index contributed by atoms with van der Waals surface area (Å²) in [5, 5.41) is 11.1. The summed E-state index contributed by atoms with van der Waals surface area (Å²) in [6, 6.07) is -1.13. The fourth-order valence-corrected chi connectivity index (χ4v) is 2.44. The Bertz CT molecular complexity index is 419. The molecule has 7 nitrogen and oxygen atoms in total. The van der Waals surface area contributed by atoms with E-state index in [-0.39, 0.29) is 29.9 Å². The SMILES string of the molecule is CS[C@H](C(=O)N[C@@H](CCC(=O)C=[N+]=[N-])C(=O)O)C(C)C. The molecule has 0 heterocycles. The van der Waals surface area contributed by atoms with Crippen molar-refractivity contribution in [3.8, 4) is 0 Å². The fraction of sp³-hybridized carbons (Fsp3) is 0.667. The lowest BCUT2D eigenvalue weighted by molar-refractivity contribution is -0.142. The second-order valence-corrected chi connectivity index (χ2v) is 5.53. The zero-order valence-corrected chi connectivity index (χ0v) is 12.5. The number of thioether (sulfide) groups is 1. The summed E-state index contributed by atoms with van der Waals surface area (Å²) in [5.74, 6) is -1.99. The van der Waals surface area contributed by atoms with Crippen LogP contribution in [-0.2, 0) is 14.4 Å². The number of hydrogen-bond acceptors (Lipinski definition) is 4. The normalized spacial score (nSPS) is 13.2. The molecule has 0 spiro atoms. The Morgan fingerprint density at radius 2 is 2.00 bits per heavy atom. The lowest BCUT2D eigenvalue weighted by Gasteiger charge is -2.21. The van der Waals surface area contributed by atoms with E-state index in [0.717, 1.165) is 0 Å². The molecule has 0 saturated carbocycles. The molecule has 0 aromatic heterocycles. The maximum absolute atomic E-state index is 12.0. The molecule has 8 heteroatoms. The van der Waals surface area contributed by atoms with Crippen molar-refractivity contribution >= 4 is 35.6 Å². The van der Waals surface area contributed by atoms with Gasteiger partial charge in [0, 0.05) is 6.42 Å². The second-order valence-electron chi connectivity index (χ2n) is 4.55. The molecule has 0 fully saturated rings. The van der Waals surface area contributed by atoms with Gasteiger partial charge in [-0.15, -0.1) is 0 Å². The number of carboxylic acids is 1. The molecule has 2 atom stereocenters. The van der Waals surface area contributed by atoms with Gasteiger partial charge in [0.05, 0.1) is 5.25 Å². The van der Waals surface area contributed by atoms with Crippen molar-refractivity contribution in [2.75, 3.05) is 6.26 Å². The molecule has 20 heavy (non-hydrogen) atoms. The second kappa shape index (κ2) is 9.28. The number of carboxylic acid groups (broad SMARTS) is 1. The number of aliphatic carboxylic acids is 1. The Kier molecular flexibility index (Phi) is 8.51. The topological polar surface area (TPSA) is 120 Å². The van der Waals surface area contributed by atoms with E-state index >= 15 is 0 Å². The Labute approximate surface area is 121 Å². The first kappa shape index (κ1) is 18.3. The number of carbonyl (C=O) groups is 3. The zero-order valence-electron chi connectivity index (χ0n) is 11.7. The first-order valence-corrected chi connectivity index (χ1v) is 7.38. The van der Waals surface area contributed by atoms with Gasteiger partial charge in [-0.3, -0.25) is 9.59 Å². The monoisotopic (exact) mass is 301 g/mol. The molecule has 0 aliphatic rings. The largest absolute Gasteiger partial charge is 0.480 e. The van der Waals surface area contributed by atoms with Crippen LogP contribution in [0.2, 0.25) is 0 Å². The van der Waals surface area contributed by atoms with Crippen LogP contribution in [0, 0.1) is 5.92 Å². The van der Waals surface area contributed by atoms with Gasteiger partial charge in [-0.25, -0.2) is 4.79 Å². The number of nitrogens with one attached hydrogen (secondary N) is 1. The van der Waals surface area contributed by atoms with Gasteiger partial charge in [0.15, 0.2) is 0 Å². The minimum Gasteiger partial charge on any atom is -0.480 e. The maximum atomic E-state index is 12.0. The summed E-state index contributed by atoms with van der Waals surface area (Å²) in [6.45, 7) is 3.75. The van der Waals surface area contributed by atoms with Gasteiger partial charge in [-0.05, 0) is 18.6 Å². The molecule has 0 bridgehead atoms. The van der Waals surface area contributed by atoms with Crippen molar-refractivity contribution in [3.05, 3.63) is 5.53 Å². The molecular weight excluding hydrogens is 282 g/mol. The number of amides is 1. The first-order valence-electron chi connectivity index (χ1n) is 6.09. The quantitative estimate of drug-likeness (QED) is 0.367. The zero-order chi connectivity index (χ0) is 15.7. The van der Waals surface area contributed by atoms with E-state index in [4.69, 9.17) is 10.6 Å². The first-order chi connectivity index (χ1) is 9.33.